The zero-order valence-corrected chi connectivity index (χ0v) is 22.0. The quantitative estimate of drug-likeness (QED) is 0.293. The molecule has 2 aliphatic heterocycles. The van der Waals surface area contributed by atoms with Crippen LogP contribution in [-0.4, -0.2) is 57.7 Å². The molecule has 8 heteroatoms. The molecule has 0 aliphatic carbocycles. The second-order valence-electron chi connectivity index (χ2n) is 9.53. The average Bonchev–Trinajstić information content (AvgIpc) is 3.19. The van der Waals surface area contributed by atoms with Crippen LogP contribution >= 0.6 is 0 Å². The summed E-state index contributed by atoms with van der Waals surface area (Å²) in [6, 6.07) is 19.1. The maximum atomic E-state index is 13.5. The van der Waals surface area contributed by atoms with Crippen molar-refractivity contribution in [1.29, 1.82) is 0 Å². The number of hydrogen-bond acceptors (Lipinski definition) is 7. The Hall–Kier alpha value is -4.46. The molecule has 0 radical (unpaired) electrons. The molecular formula is C30H31N3O5. The molecule has 1 unspecified atom stereocenters. The summed E-state index contributed by atoms with van der Waals surface area (Å²) < 4.78 is 11.3. The lowest BCUT2D eigenvalue weighted by Gasteiger charge is -2.28. The summed E-state index contributed by atoms with van der Waals surface area (Å²) in [6.07, 6.45) is 0. The van der Waals surface area contributed by atoms with Crippen LogP contribution in [0.2, 0.25) is 0 Å². The summed E-state index contributed by atoms with van der Waals surface area (Å²) in [4.78, 5) is 32.4. The molecule has 2 heterocycles. The van der Waals surface area contributed by atoms with Gasteiger partial charge < -0.3 is 24.4 Å². The van der Waals surface area contributed by atoms with E-state index in [1.807, 2.05) is 74.3 Å². The first kappa shape index (κ1) is 25.2. The Morgan fingerprint density at radius 2 is 1.76 bits per heavy atom. The van der Waals surface area contributed by atoms with Gasteiger partial charge in [0.2, 0.25) is 0 Å². The van der Waals surface area contributed by atoms with Crippen molar-refractivity contribution in [3.8, 4) is 11.5 Å². The number of aliphatic hydroxyl groups excluding tert-OH is 1. The van der Waals surface area contributed by atoms with E-state index in [1.165, 1.54) is 4.90 Å². The number of fused-ring (bicyclic) bond motifs is 1. The number of benzene rings is 3. The molecule has 2 aliphatic rings. The van der Waals surface area contributed by atoms with Gasteiger partial charge in [-0.3, -0.25) is 14.5 Å². The zero-order valence-electron chi connectivity index (χ0n) is 22.0. The maximum absolute atomic E-state index is 13.5. The highest BCUT2D eigenvalue weighted by Crippen LogP contribution is 2.43. The molecule has 38 heavy (non-hydrogen) atoms. The fourth-order valence-corrected chi connectivity index (χ4v) is 4.89. The molecule has 5 rings (SSSR count). The Bertz CT molecular complexity index is 1400. The van der Waals surface area contributed by atoms with E-state index in [9.17, 15) is 14.7 Å². The minimum Gasteiger partial charge on any atom is -0.507 e. The van der Waals surface area contributed by atoms with E-state index in [1.54, 1.807) is 30.3 Å². The smallest absolute Gasteiger partial charge is 0.300 e. The van der Waals surface area contributed by atoms with E-state index < -0.39 is 17.7 Å². The van der Waals surface area contributed by atoms with Crippen LogP contribution < -0.4 is 24.2 Å². The SMILES string of the molecule is CCOc1ccc(C2/C(=C(/O)c3ccc4c(c3)N(C)CCO4)C(=O)C(=O)N2c2ccc(N(C)C)cc2)cc1. The van der Waals surface area contributed by atoms with Crippen LogP contribution in [0.5, 0.6) is 11.5 Å². The van der Waals surface area contributed by atoms with Crippen molar-refractivity contribution in [2.75, 3.05) is 55.6 Å². The van der Waals surface area contributed by atoms with Crippen LogP contribution in [0.4, 0.5) is 17.1 Å². The predicted octanol–water partition coefficient (Wildman–Crippen LogP) is 4.61. The number of nitrogens with zero attached hydrogens (tertiary/aromatic N) is 3. The van der Waals surface area contributed by atoms with Gasteiger partial charge in [-0.2, -0.15) is 0 Å². The highest BCUT2D eigenvalue weighted by molar-refractivity contribution is 6.51. The minimum atomic E-state index is -0.819. The second kappa shape index (κ2) is 10.1. The summed E-state index contributed by atoms with van der Waals surface area (Å²) >= 11 is 0. The number of ketones is 1. The third kappa shape index (κ3) is 4.42. The van der Waals surface area contributed by atoms with E-state index in [4.69, 9.17) is 9.47 Å². The van der Waals surface area contributed by atoms with Gasteiger partial charge >= 0.3 is 0 Å². The van der Waals surface area contributed by atoms with Crippen molar-refractivity contribution >= 4 is 34.5 Å². The number of carbonyl (C=O) groups is 2. The highest BCUT2D eigenvalue weighted by Gasteiger charge is 2.47. The third-order valence-electron chi connectivity index (χ3n) is 6.92. The summed E-state index contributed by atoms with van der Waals surface area (Å²) in [7, 11) is 5.81. The number of Topliss-reactive ketones (excluding diaryl/α,β-unsaturated/α-hetero) is 1. The maximum Gasteiger partial charge on any atom is 0.300 e. The number of amides is 1. The molecule has 0 aromatic heterocycles. The number of likely N-dealkylation sites (N-methyl/N-ethyl adjacent to an activating group) is 1. The van der Waals surface area contributed by atoms with E-state index in [0.29, 0.717) is 48.1 Å². The number of hydrogen-bond donors (Lipinski definition) is 1. The van der Waals surface area contributed by atoms with E-state index in [-0.39, 0.29) is 11.3 Å². The van der Waals surface area contributed by atoms with Crippen molar-refractivity contribution in [1.82, 2.24) is 0 Å². The molecule has 1 amide bonds. The van der Waals surface area contributed by atoms with Crippen molar-refractivity contribution < 1.29 is 24.2 Å². The second-order valence-corrected chi connectivity index (χ2v) is 9.53. The van der Waals surface area contributed by atoms with Crippen molar-refractivity contribution in [2.45, 2.75) is 13.0 Å². The Kier molecular flexibility index (Phi) is 6.72. The van der Waals surface area contributed by atoms with Crippen molar-refractivity contribution in [3.05, 3.63) is 83.4 Å². The van der Waals surface area contributed by atoms with Gasteiger partial charge in [-0.15, -0.1) is 0 Å². The van der Waals surface area contributed by atoms with Gasteiger partial charge in [0.25, 0.3) is 11.7 Å². The molecule has 1 atom stereocenters. The van der Waals surface area contributed by atoms with Crippen LogP contribution in [0.15, 0.2) is 72.3 Å². The normalized spacial score (nSPS) is 18.3. The van der Waals surface area contributed by atoms with Gasteiger partial charge in [-0.05, 0) is 67.1 Å². The molecule has 1 N–H and O–H groups in total. The lowest BCUT2D eigenvalue weighted by Crippen LogP contribution is -2.29. The van der Waals surface area contributed by atoms with Crippen LogP contribution in [-0.2, 0) is 9.59 Å². The summed E-state index contributed by atoms with van der Waals surface area (Å²) in [5, 5.41) is 11.5. The molecule has 0 spiro atoms. The Morgan fingerprint density at radius 3 is 2.42 bits per heavy atom. The van der Waals surface area contributed by atoms with Crippen LogP contribution in [0.25, 0.3) is 5.76 Å². The zero-order chi connectivity index (χ0) is 27.0. The molecule has 1 saturated heterocycles. The summed E-state index contributed by atoms with van der Waals surface area (Å²) in [5.41, 5.74) is 3.50. The van der Waals surface area contributed by atoms with Gasteiger partial charge in [0.1, 0.15) is 23.9 Å². The first-order valence-corrected chi connectivity index (χ1v) is 12.6. The molecule has 0 saturated carbocycles. The predicted molar refractivity (Wildman–Crippen MR) is 148 cm³/mol. The number of rotatable bonds is 6. The Morgan fingerprint density at radius 1 is 1.05 bits per heavy atom. The van der Waals surface area contributed by atoms with Crippen LogP contribution in [0, 0.1) is 0 Å². The highest BCUT2D eigenvalue weighted by atomic mass is 16.5. The van der Waals surface area contributed by atoms with Gasteiger partial charge in [-0.1, -0.05) is 12.1 Å². The molecular weight excluding hydrogens is 482 g/mol. The van der Waals surface area contributed by atoms with Gasteiger partial charge in [0.05, 0.1) is 30.5 Å². The standard InChI is InChI=1S/C30H31N3O5/c1-5-37-23-13-6-19(7-14-23)27-26(28(34)20-8-15-25-24(18-20)32(4)16-17-38-25)29(35)30(36)33(27)22-11-9-21(10-12-22)31(2)3/h6-15,18,27,34H,5,16-17H2,1-4H3/b28-26-. The molecule has 196 valence electrons. The molecule has 3 aromatic carbocycles. The lowest BCUT2D eigenvalue weighted by atomic mass is 9.94. The van der Waals surface area contributed by atoms with E-state index in [2.05, 4.69) is 0 Å². The van der Waals surface area contributed by atoms with Crippen LogP contribution in [0.3, 0.4) is 0 Å². The molecule has 1 fully saturated rings. The first-order valence-electron chi connectivity index (χ1n) is 12.6. The number of anilines is 3. The molecule has 8 nitrogen and oxygen atoms in total. The van der Waals surface area contributed by atoms with Crippen molar-refractivity contribution in [2.24, 2.45) is 0 Å². The average molecular weight is 514 g/mol. The summed E-state index contributed by atoms with van der Waals surface area (Å²) in [6.45, 7) is 3.70. The van der Waals surface area contributed by atoms with E-state index in [0.717, 1.165) is 11.4 Å². The van der Waals surface area contributed by atoms with Crippen molar-refractivity contribution in [3.63, 3.8) is 0 Å². The minimum absolute atomic E-state index is 0.0372. The molecule has 3 aromatic rings. The lowest BCUT2D eigenvalue weighted by molar-refractivity contribution is -0.132. The third-order valence-corrected chi connectivity index (χ3v) is 6.92. The topological polar surface area (TPSA) is 82.5 Å². The first-order chi connectivity index (χ1) is 18.3. The number of aliphatic hydroxyl groups is 1. The van der Waals surface area contributed by atoms with E-state index >= 15 is 0 Å². The van der Waals surface area contributed by atoms with Gasteiger partial charge in [-0.25, -0.2) is 0 Å². The monoisotopic (exact) mass is 513 g/mol. The Labute approximate surface area is 222 Å². The van der Waals surface area contributed by atoms with Gasteiger partial charge in [0.15, 0.2) is 0 Å². The summed E-state index contributed by atoms with van der Waals surface area (Å²) in [5.74, 6) is -0.265. The molecule has 0 bridgehead atoms. The number of carbonyl (C=O) groups excluding carboxylic acids is 2. The van der Waals surface area contributed by atoms with Crippen LogP contribution in [0.1, 0.15) is 24.1 Å². The fraction of sp³-hybridized carbons (Fsp3) is 0.267. The van der Waals surface area contributed by atoms with Gasteiger partial charge in [0, 0.05) is 38.1 Å². The Balaban J connectivity index is 1.65. The fourth-order valence-electron chi connectivity index (χ4n) is 4.89. The number of ether oxygens (including phenoxy) is 2. The largest absolute Gasteiger partial charge is 0.507 e.